The fraction of sp³-hybridized carbons (Fsp3) is 0.636. The van der Waals surface area contributed by atoms with Crippen LogP contribution in [0.2, 0.25) is 0 Å². The summed E-state index contributed by atoms with van der Waals surface area (Å²) in [6.45, 7) is 10.7. The van der Waals surface area contributed by atoms with Crippen molar-refractivity contribution in [3.05, 3.63) is 41.5 Å². The van der Waals surface area contributed by atoms with Gasteiger partial charge in [-0.2, -0.15) is 0 Å². The molecule has 1 aromatic carbocycles. The third-order valence-corrected chi connectivity index (χ3v) is 6.08. The number of rotatable bonds is 3. The Bertz CT molecular complexity index is 621. The summed E-state index contributed by atoms with van der Waals surface area (Å²) in [5, 5.41) is 0. The Hall–Kier alpha value is -1.12. The van der Waals surface area contributed by atoms with Crippen LogP contribution in [0.3, 0.4) is 0 Å². The first kappa shape index (κ1) is 16.4. The van der Waals surface area contributed by atoms with E-state index in [2.05, 4.69) is 60.9 Å². The van der Waals surface area contributed by atoms with Gasteiger partial charge in [0.05, 0.1) is 0 Å². The highest BCUT2D eigenvalue weighted by Gasteiger charge is 2.35. The second kappa shape index (κ2) is 6.31. The van der Waals surface area contributed by atoms with Gasteiger partial charge in [-0.1, -0.05) is 30.3 Å². The van der Waals surface area contributed by atoms with Crippen molar-refractivity contribution in [2.24, 2.45) is 0 Å². The topological polar surface area (TPSA) is 6.48 Å². The van der Waals surface area contributed by atoms with Gasteiger partial charge in [-0.05, 0) is 76.1 Å². The summed E-state index contributed by atoms with van der Waals surface area (Å²) >= 11 is 0. The molecule has 1 saturated heterocycles. The van der Waals surface area contributed by atoms with Crippen LogP contribution in [-0.4, -0.2) is 41.0 Å². The highest BCUT2D eigenvalue weighted by molar-refractivity contribution is 5.70. The molecule has 2 heterocycles. The summed E-state index contributed by atoms with van der Waals surface area (Å²) in [7, 11) is 0. The van der Waals surface area contributed by atoms with Crippen LogP contribution in [0.5, 0.6) is 0 Å². The molecule has 1 aliphatic carbocycles. The fourth-order valence-corrected chi connectivity index (χ4v) is 4.67. The van der Waals surface area contributed by atoms with Crippen molar-refractivity contribution in [1.29, 1.82) is 0 Å². The van der Waals surface area contributed by atoms with Gasteiger partial charge < -0.3 is 0 Å². The summed E-state index contributed by atoms with van der Waals surface area (Å²) in [6.07, 6.45) is 9.19. The quantitative estimate of drug-likeness (QED) is 0.782. The van der Waals surface area contributed by atoms with Crippen molar-refractivity contribution in [3.63, 3.8) is 0 Å². The first-order valence-electron chi connectivity index (χ1n) is 9.83. The minimum absolute atomic E-state index is 0.248. The summed E-state index contributed by atoms with van der Waals surface area (Å²) in [5.41, 5.74) is 4.92. The molecule has 24 heavy (non-hydrogen) atoms. The van der Waals surface area contributed by atoms with Crippen LogP contribution in [0.1, 0.15) is 70.0 Å². The van der Waals surface area contributed by atoms with Crippen molar-refractivity contribution < 1.29 is 0 Å². The molecule has 0 unspecified atom stereocenters. The van der Waals surface area contributed by atoms with Gasteiger partial charge in [0.2, 0.25) is 0 Å². The summed E-state index contributed by atoms with van der Waals surface area (Å²) < 4.78 is 0. The molecule has 2 nitrogen and oxygen atoms in total. The van der Waals surface area contributed by atoms with Crippen molar-refractivity contribution in [2.45, 2.75) is 70.5 Å². The van der Waals surface area contributed by atoms with Crippen molar-refractivity contribution in [2.75, 3.05) is 19.6 Å². The number of benzene rings is 1. The predicted molar refractivity (Wildman–Crippen MR) is 102 cm³/mol. The maximum absolute atomic E-state index is 2.71. The first-order valence-corrected chi connectivity index (χ1v) is 9.83. The smallest absolute Gasteiger partial charge is 0.0359 e. The SMILES string of the molecule is CC(C)(C)N1CCC[C@@H]1c1ccccc1C1=CCN(C2CC2)CC1. The van der Waals surface area contributed by atoms with Crippen LogP contribution < -0.4 is 0 Å². The molecule has 2 fully saturated rings. The van der Waals surface area contributed by atoms with Gasteiger partial charge in [0.25, 0.3) is 0 Å². The summed E-state index contributed by atoms with van der Waals surface area (Å²) in [6, 6.07) is 10.7. The second-order valence-electron chi connectivity index (χ2n) is 8.81. The Balaban J connectivity index is 1.61. The molecule has 1 aromatic rings. The lowest BCUT2D eigenvalue weighted by molar-refractivity contribution is 0.121. The lowest BCUT2D eigenvalue weighted by atomic mass is 9.89. The van der Waals surface area contributed by atoms with E-state index in [0.717, 1.165) is 12.6 Å². The van der Waals surface area contributed by atoms with E-state index in [9.17, 15) is 0 Å². The predicted octanol–water partition coefficient (Wildman–Crippen LogP) is 4.87. The fourth-order valence-electron chi connectivity index (χ4n) is 4.67. The lowest BCUT2D eigenvalue weighted by Crippen LogP contribution is -2.40. The molecule has 0 amide bonds. The zero-order valence-electron chi connectivity index (χ0n) is 15.6. The Labute approximate surface area is 147 Å². The monoisotopic (exact) mass is 324 g/mol. The van der Waals surface area contributed by atoms with E-state index >= 15 is 0 Å². The molecular formula is C22H32N2. The minimum atomic E-state index is 0.248. The zero-order chi connectivity index (χ0) is 16.7. The molecule has 3 aliphatic rings. The Kier molecular flexibility index (Phi) is 4.30. The average Bonchev–Trinajstić information content (AvgIpc) is 3.30. The molecule has 2 heteroatoms. The molecule has 1 saturated carbocycles. The van der Waals surface area contributed by atoms with Gasteiger partial charge in [0.15, 0.2) is 0 Å². The summed E-state index contributed by atoms with van der Waals surface area (Å²) in [5.74, 6) is 0. The Morgan fingerprint density at radius 1 is 1.00 bits per heavy atom. The molecule has 0 N–H and O–H groups in total. The van der Waals surface area contributed by atoms with Gasteiger partial charge in [-0.15, -0.1) is 0 Å². The van der Waals surface area contributed by atoms with Crippen LogP contribution in [0.4, 0.5) is 0 Å². The van der Waals surface area contributed by atoms with Gasteiger partial charge in [-0.3, -0.25) is 9.80 Å². The van der Waals surface area contributed by atoms with Gasteiger partial charge in [0, 0.05) is 30.7 Å². The number of hydrogen-bond acceptors (Lipinski definition) is 2. The van der Waals surface area contributed by atoms with Gasteiger partial charge >= 0.3 is 0 Å². The van der Waals surface area contributed by atoms with Crippen LogP contribution in [-0.2, 0) is 0 Å². The molecule has 0 bridgehead atoms. The normalized spacial score (nSPS) is 26.6. The van der Waals surface area contributed by atoms with E-state index in [-0.39, 0.29) is 5.54 Å². The molecular weight excluding hydrogens is 292 g/mol. The minimum Gasteiger partial charge on any atom is -0.296 e. The van der Waals surface area contributed by atoms with E-state index in [1.807, 2.05) is 0 Å². The Morgan fingerprint density at radius 3 is 2.46 bits per heavy atom. The second-order valence-corrected chi connectivity index (χ2v) is 8.81. The number of likely N-dealkylation sites (tertiary alicyclic amines) is 1. The van der Waals surface area contributed by atoms with Crippen molar-refractivity contribution >= 4 is 5.57 Å². The van der Waals surface area contributed by atoms with Gasteiger partial charge in [0.1, 0.15) is 0 Å². The first-order chi connectivity index (χ1) is 11.5. The molecule has 1 atom stereocenters. The molecule has 0 radical (unpaired) electrons. The number of nitrogens with zero attached hydrogens (tertiary/aromatic N) is 2. The lowest BCUT2D eigenvalue weighted by Gasteiger charge is -2.38. The largest absolute Gasteiger partial charge is 0.296 e. The summed E-state index contributed by atoms with van der Waals surface area (Å²) in [4.78, 5) is 5.38. The van der Waals surface area contributed by atoms with E-state index < -0.39 is 0 Å². The highest BCUT2D eigenvalue weighted by Crippen LogP contribution is 2.41. The average molecular weight is 325 g/mol. The van der Waals surface area contributed by atoms with Crippen LogP contribution in [0, 0.1) is 0 Å². The maximum atomic E-state index is 2.71. The highest BCUT2D eigenvalue weighted by atomic mass is 15.2. The van der Waals surface area contributed by atoms with Crippen LogP contribution in [0.15, 0.2) is 30.3 Å². The third-order valence-electron chi connectivity index (χ3n) is 6.08. The van der Waals surface area contributed by atoms with Crippen LogP contribution >= 0.6 is 0 Å². The molecule has 130 valence electrons. The molecule has 2 aliphatic heterocycles. The third kappa shape index (κ3) is 3.19. The van der Waals surface area contributed by atoms with E-state index in [1.54, 1.807) is 11.1 Å². The molecule has 0 aromatic heterocycles. The van der Waals surface area contributed by atoms with E-state index in [0.29, 0.717) is 6.04 Å². The molecule has 0 spiro atoms. The van der Waals surface area contributed by atoms with E-state index in [1.165, 1.54) is 50.8 Å². The maximum Gasteiger partial charge on any atom is 0.0359 e. The molecule has 4 rings (SSSR count). The van der Waals surface area contributed by atoms with Crippen molar-refractivity contribution in [1.82, 2.24) is 9.80 Å². The number of hydrogen-bond donors (Lipinski definition) is 0. The van der Waals surface area contributed by atoms with Crippen LogP contribution in [0.25, 0.3) is 5.57 Å². The van der Waals surface area contributed by atoms with E-state index in [4.69, 9.17) is 0 Å². The Morgan fingerprint density at radius 2 is 1.79 bits per heavy atom. The van der Waals surface area contributed by atoms with Gasteiger partial charge in [-0.25, -0.2) is 0 Å². The van der Waals surface area contributed by atoms with Crippen molar-refractivity contribution in [3.8, 4) is 0 Å². The zero-order valence-corrected chi connectivity index (χ0v) is 15.6. The standard InChI is InChI=1S/C22H32N2/c1-22(2,3)24-14-6-9-21(24)20-8-5-4-7-19(20)17-12-15-23(16-13-17)18-10-11-18/h4-5,7-8,12,18,21H,6,9-11,13-16H2,1-3H3/t21-/m1/s1.